The smallest absolute Gasteiger partial charge is 0.0576 e. The zero-order chi connectivity index (χ0) is 12.1. The third-order valence-corrected chi connectivity index (χ3v) is 4.57. The maximum absolute atomic E-state index is 10.2. The van der Waals surface area contributed by atoms with Crippen LogP contribution in [-0.2, 0) is 4.74 Å². The quantitative estimate of drug-likeness (QED) is 0.796. The van der Waals surface area contributed by atoms with Gasteiger partial charge >= 0.3 is 0 Å². The lowest BCUT2D eigenvalue weighted by Crippen LogP contribution is -2.26. The maximum atomic E-state index is 10.2. The summed E-state index contributed by atoms with van der Waals surface area (Å²) in [5.41, 5.74) is 0. The number of aliphatic hydroxyl groups is 1. The van der Waals surface area contributed by atoms with Crippen LogP contribution < -0.4 is 0 Å². The van der Waals surface area contributed by atoms with Crippen LogP contribution in [0.3, 0.4) is 0 Å². The highest BCUT2D eigenvalue weighted by molar-refractivity contribution is 4.77. The van der Waals surface area contributed by atoms with Gasteiger partial charge in [-0.25, -0.2) is 0 Å². The molecular weight excluding hydrogens is 212 g/mol. The predicted molar refractivity (Wildman–Crippen MR) is 70.0 cm³/mol. The molecule has 1 aliphatic heterocycles. The Morgan fingerprint density at radius 1 is 1.24 bits per heavy atom. The minimum absolute atomic E-state index is 0.0563. The molecule has 4 unspecified atom stereocenters. The van der Waals surface area contributed by atoms with Crippen LogP contribution >= 0.6 is 0 Å². The van der Waals surface area contributed by atoms with E-state index in [4.69, 9.17) is 4.74 Å². The number of rotatable bonds is 5. The third-order valence-electron chi connectivity index (χ3n) is 4.57. The summed E-state index contributed by atoms with van der Waals surface area (Å²) in [7, 11) is 0. The van der Waals surface area contributed by atoms with Crippen LogP contribution in [0.5, 0.6) is 0 Å². The van der Waals surface area contributed by atoms with E-state index < -0.39 is 0 Å². The molecule has 0 aromatic carbocycles. The van der Waals surface area contributed by atoms with E-state index in [9.17, 15) is 5.11 Å². The molecule has 2 heteroatoms. The molecule has 2 aliphatic rings. The van der Waals surface area contributed by atoms with Crippen molar-refractivity contribution < 1.29 is 9.84 Å². The van der Waals surface area contributed by atoms with Gasteiger partial charge in [-0.2, -0.15) is 0 Å². The van der Waals surface area contributed by atoms with Crippen molar-refractivity contribution in [2.24, 2.45) is 11.8 Å². The number of hydrogen-bond acceptors (Lipinski definition) is 2. The lowest BCUT2D eigenvalue weighted by Gasteiger charge is -2.30. The summed E-state index contributed by atoms with van der Waals surface area (Å²) in [6.07, 6.45) is 11.3. The van der Waals surface area contributed by atoms with E-state index >= 15 is 0 Å². The van der Waals surface area contributed by atoms with Gasteiger partial charge in [-0.3, -0.25) is 0 Å². The van der Waals surface area contributed by atoms with Crippen molar-refractivity contribution in [3.8, 4) is 0 Å². The molecule has 0 radical (unpaired) electrons. The zero-order valence-electron chi connectivity index (χ0n) is 11.2. The van der Waals surface area contributed by atoms with Crippen molar-refractivity contribution in [2.45, 2.75) is 76.9 Å². The van der Waals surface area contributed by atoms with E-state index in [2.05, 4.69) is 6.92 Å². The van der Waals surface area contributed by atoms with Gasteiger partial charge in [0.1, 0.15) is 0 Å². The van der Waals surface area contributed by atoms with Gasteiger partial charge in [-0.05, 0) is 56.8 Å². The first-order valence-corrected chi connectivity index (χ1v) is 7.55. The Morgan fingerprint density at radius 3 is 2.82 bits per heavy atom. The van der Waals surface area contributed by atoms with Crippen LogP contribution in [0.1, 0.15) is 64.7 Å². The molecular formula is C15H28O2. The van der Waals surface area contributed by atoms with Crippen molar-refractivity contribution in [3.63, 3.8) is 0 Å². The van der Waals surface area contributed by atoms with E-state index in [0.29, 0.717) is 12.0 Å². The lowest BCUT2D eigenvalue weighted by molar-refractivity contribution is 0.0545. The average molecular weight is 240 g/mol. The molecule has 1 heterocycles. The van der Waals surface area contributed by atoms with Gasteiger partial charge in [0, 0.05) is 6.61 Å². The Hall–Kier alpha value is -0.0800. The molecule has 2 rings (SSSR count). The van der Waals surface area contributed by atoms with Gasteiger partial charge in [0.25, 0.3) is 0 Å². The molecule has 1 saturated heterocycles. The molecule has 0 amide bonds. The number of hydrogen-bond donors (Lipinski definition) is 1. The minimum Gasteiger partial charge on any atom is -0.393 e. The SMILES string of the molecule is CC1CCCC(C(O)CCCC2CCCO2)C1. The summed E-state index contributed by atoms with van der Waals surface area (Å²) in [5, 5.41) is 10.2. The largest absolute Gasteiger partial charge is 0.393 e. The Labute approximate surface area is 106 Å². The summed E-state index contributed by atoms with van der Waals surface area (Å²) >= 11 is 0. The van der Waals surface area contributed by atoms with E-state index in [1.165, 1.54) is 38.5 Å². The van der Waals surface area contributed by atoms with E-state index in [-0.39, 0.29) is 6.10 Å². The fraction of sp³-hybridized carbons (Fsp3) is 1.00. The fourth-order valence-electron chi connectivity index (χ4n) is 3.49. The van der Waals surface area contributed by atoms with Gasteiger partial charge < -0.3 is 9.84 Å². The van der Waals surface area contributed by atoms with Gasteiger partial charge in [-0.15, -0.1) is 0 Å². The van der Waals surface area contributed by atoms with E-state index in [1.54, 1.807) is 0 Å². The molecule has 17 heavy (non-hydrogen) atoms. The first-order chi connectivity index (χ1) is 8.25. The van der Waals surface area contributed by atoms with Crippen LogP contribution in [0.15, 0.2) is 0 Å². The molecule has 0 spiro atoms. The molecule has 1 N–H and O–H groups in total. The molecule has 1 aliphatic carbocycles. The Bertz CT molecular complexity index is 211. The number of ether oxygens (including phenoxy) is 1. The second-order valence-corrected chi connectivity index (χ2v) is 6.17. The summed E-state index contributed by atoms with van der Waals surface area (Å²) in [6, 6.07) is 0. The van der Waals surface area contributed by atoms with Crippen molar-refractivity contribution in [3.05, 3.63) is 0 Å². The van der Waals surface area contributed by atoms with Gasteiger partial charge in [0.15, 0.2) is 0 Å². The zero-order valence-corrected chi connectivity index (χ0v) is 11.2. The molecule has 0 aromatic rings. The van der Waals surface area contributed by atoms with Crippen molar-refractivity contribution in [2.75, 3.05) is 6.61 Å². The highest BCUT2D eigenvalue weighted by Gasteiger charge is 2.25. The van der Waals surface area contributed by atoms with Crippen LogP contribution in [0, 0.1) is 11.8 Å². The fourth-order valence-corrected chi connectivity index (χ4v) is 3.49. The second kappa shape index (κ2) is 6.75. The molecule has 2 nitrogen and oxygen atoms in total. The maximum Gasteiger partial charge on any atom is 0.0576 e. The minimum atomic E-state index is -0.0563. The van der Waals surface area contributed by atoms with Crippen LogP contribution in [-0.4, -0.2) is 23.9 Å². The lowest BCUT2D eigenvalue weighted by atomic mass is 9.78. The number of aliphatic hydroxyl groups excluding tert-OH is 1. The van der Waals surface area contributed by atoms with E-state index in [1.807, 2.05) is 0 Å². The second-order valence-electron chi connectivity index (χ2n) is 6.17. The molecule has 100 valence electrons. The molecule has 2 fully saturated rings. The summed E-state index contributed by atoms with van der Waals surface area (Å²) in [4.78, 5) is 0. The molecule has 4 atom stereocenters. The van der Waals surface area contributed by atoms with Crippen molar-refractivity contribution in [1.29, 1.82) is 0 Å². The van der Waals surface area contributed by atoms with Gasteiger partial charge in [-0.1, -0.05) is 19.8 Å². The standard InChI is InChI=1S/C15H28O2/c1-12-5-2-6-13(11-12)15(16)9-3-7-14-8-4-10-17-14/h12-16H,2-11H2,1H3. The summed E-state index contributed by atoms with van der Waals surface area (Å²) in [5.74, 6) is 1.39. The first-order valence-electron chi connectivity index (χ1n) is 7.55. The molecule has 1 saturated carbocycles. The Balaban J connectivity index is 1.60. The Kier molecular flexibility index (Phi) is 5.30. The summed E-state index contributed by atoms with van der Waals surface area (Å²) < 4.78 is 5.62. The van der Waals surface area contributed by atoms with Crippen LogP contribution in [0.4, 0.5) is 0 Å². The van der Waals surface area contributed by atoms with E-state index in [0.717, 1.165) is 31.8 Å². The average Bonchev–Trinajstić information content (AvgIpc) is 2.82. The van der Waals surface area contributed by atoms with Gasteiger partial charge in [0.05, 0.1) is 12.2 Å². The van der Waals surface area contributed by atoms with Gasteiger partial charge in [0.2, 0.25) is 0 Å². The predicted octanol–water partition coefficient (Wildman–Crippen LogP) is 3.52. The topological polar surface area (TPSA) is 29.5 Å². The highest BCUT2D eigenvalue weighted by atomic mass is 16.5. The van der Waals surface area contributed by atoms with Crippen LogP contribution in [0.2, 0.25) is 0 Å². The van der Waals surface area contributed by atoms with Crippen molar-refractivity contribution in [1.82, 2.24) is 0 Å². The third kappa shape index (κ3) is 4.26. The normalized spacial score (nSPS) is 36.0. The Morgan fingerprint density at radius 2 is 2.12 bits per heavy atom. The van der Waals surface area contributed by atoms with Crippen molar-refractivity contribution >= 4 is 0 Å². The monoisotopic (exact) mass is 240 g/mol. The first kappa shape index (κ1) is 13.4. The van der Waals surface area contributed by atoms with Crippen LogP contribution in [0.25, 0.3) is 0 Å². The molecule has 0 aromatic heterocycles. The summed E-state index contributed by atoms with van der Waals surface area (Å²) in [6.45, 7) is 3.28. The highest BCUT2D eigenvalue weighted by Crippen LogP contribution is 2.32. The molecule has 0 bridgehead atoms.